The molecule has 0 fully saturated rings. The van der Waals surface area contributed by atoms with Crippen molar-refractivity contribution >= 4 is 5.69 Å². The highest BCUT2D eigenvalue weighted by atomic mass is 16.3. The highest BCUT2D eigenvalue weighted by Gasteiger charge is 2.06. The number of aliphatic hydroxyl groups excluding tert-OH is 2. The number of hydrogen-bond acceptors (Lipinski definition) is 4. The zero-order valence-corrected chi connectivity index (χ0v) is 9.50. The fourth-order valence-electron chi connectivity index (χ4n) is 1.43. The molecule has 0 spiro atoms. The Bertz CT molecular complexity index is 322. The van der Waals surface area contributed by atoms with E-state index in [2.05, 4.69) is 11.6 Å². The topological polar surface area (TPSA) is 56.6 Å². The lowest BCUT2D eigenvalue weighted by Crippen LogP contribution is -2.26. The van der Waals surface area contributed by atoms with Gasteiger partial charge in [0.25, 0.3) is 0 Å². The molecule has 0 aliphatic heterocycles. The molecule has 0 saturated heterocycles. The SMILES string of the molecule is C=CCN(CCO)c1ccc([C@@H](C)O)nc1. The van der Waals surface area contributed by atoms with Crippen molar-refractivity contribution in [2.24, 2.45) is 0 Å². The Balaban J connectivity index is 2.80. The Morgan fingerprint density at radius 2 is 2.31 bits per heavy atom. The van der Waals surface area contributed by atoms with Gasteiger partial charge in [-0.05, 0) is 19.1 Å². The first-order valence-electron chi connectivity index (χ1n) is 5.29. The van der Waals surface area contributed by atoms with Crippen LogP contribution >= 0.6 is 0 Å². The molecule has 0 aliphatic carbocycles. The molecule has 1 aromatic rings. The van der Waals surface area contributed by atoms with E-state index in [1.54, 1.807) is 25.3 Å². The summed E-state index contributed by atoms with van der Waals surface area (Å²) in [5.41, 5.74) is 1.56. The fourth-order valence-corrected chi connectivity index (χ4v) is 1.43. The zero-order valence-electron chi connectivity index (χ0n) is 9.50. The largest absolute Gasteiger partial charge is 0.395 e. The Hall–Kier alpha value is -1.39. The lowest BCUT2D eigenvalue weighted by Gasteiger charge is -2.22. The first kappa shape index (κ1) is 12.7. The predicted octanol–water partition coefficient (Wildman–Crippen LogP) is 1.12. The number of hydrogen-bond donors (Lipinski definition) is 2. The van der Waals surface area contributed by atoms with Crippen LogP contribution in [0.3, 0.4) is 0 Å². The molecule has 1 aromatic heterocycles. The lowest BCUT2D eigenvalue weighted by molar-refractivity contribution is 0.194. The quantitative estimate of drug-likeness (QED) is 0.708. The van der Waals surface area contributed by atoms with E-state index < -0.39 is 6.10 Å². The van der Waals surface area contributed by atoms with E-state index in [4.69, 9.17) is 5.11 Å². The van der Waals surface area contributed by atoms with E-state index in [1.807, 2.05) is 11.0 Å². The van der Waals surface area contributed by atoms with E-state index >= 15 is 0 Å². The van der Waals surface area contributed by atoms with Gasteiger partial charge in [-0.25, -0.2) is 0 Å². The third-order valence-corrected chi connectivity index (χ3v) is 2.28. The van der Waals surface area contributed by atoms with Gasteiger partial charge in [0, 0.05) is 13.1 Å². The first-order chi connectivity index (χ1) is 7.69. The monoisotopic (exact) mass is 222 g/mol. The number of pyridine rings is 1. The van der Waals surface area contributed by atoms with Crippen LogP contribution in [0.15, 0.2) is 31.0 Å². The number of anilines is 1. The molecule has 16 heavy (non-hydrogen) atoms. The Morgan fingerprint density at radius 3 is 2.75 bits per heavy atom. The molecule has 0 bridgehead atoms. The van der Waals surface area contributed by atoms with Crippen LogP contribution in [0, 0.1) is 0 Å². The van der Waals surface area contributed by atoms with Gasteiger partial charge in [0.05, 0.1) is 30.3 Å². The number of nitrogens with zero attached hydrogens (tertiary/aromatic N) is 2. The number of rotatable bonds is 6. The summed E-state index contributed by atoms with van der Waals surface area (Å²) in [6.07, 6.45) is 2.92. The average molecular weight is 222 g/mol. The van der Waals surface area contributed by atoms with Gasteiger partial charge in [-0.15, -0.1) is 6.58 Å². The standard InChI is InChI=1S/C12H18N2O2/c1-3-6-14(7-8-15)11-4-5-12(10(2)16)13-9-11/h3-5,9-10,15-16H,1,6-8H2,2H3/t10-/m1/s1. The summed E-state index contributed by atoms with van der Waals surface area (Å²) in [5.74, 6) is 0. The van der Waals surface area contributed by atoms with E-state index in [9.17, 15) is 5.11 Å². The van der Waals surface area contributed by atoms with Gasteiger partial charge in [-0.2, -0.15) is 0 Å². The maximum absolute atomic E-state index is 9.33. The molecule has 0 unspecified atom stereocenters. The van der Waals surface area contributed by atoms with Crippen molar-refractivity contribution < 1.29 is 10.2 Å². The second-order valence-electron chi connectivity index (χ2n) is 3.58. The predicted molar refractivity (Wildman–Crippen MR) is 64.4 cm³/mol. The van der Waals surface area contributed by atoms with Crippen molar-refractivity contribution in [2.75, 3.05) is 24.6 Å². The van der Waals surface area contributed by atoms with Gasteiger partial charge < -0.3 is 15.1 Å². The summed E-state index contributed by atoms with van der Waals surface area (Å²) in [7, 11) is 0. The van der Waals surface area contributed by atoms with Gasteiger partial charge in [0.15, 0.2) is 0 Å². The normalized spacial score (nSPS) is 12.2. The molecule has 1 heterocycles. The minimum atomic E-state index is -0.556. The maximum Gasteiger partial charge on any atom is 0.0931 e. The van der Waals surface area contributed by atoms with E-state index in [0.717, 1.165) is 5.69 Å². The van der Waals surface area contributed by atoms with Crippen LogP contribution in [0.25, 0.3) is 0 Å². The second-order valence-corrected chi connectivity index (χ2v) is 3.58. The number of aromatic nitrogens is 1. The van der Waals surface area contributed by atoms with Gasteiger partial charge >= 0.3 is 0 Å². The molecule has 1 rings (SSSR count). The van der Waals surface area contributed by atoms with Crippen LogP contribution in [0.1, 0.15) is 18.7 Å². The van der Waals surface area contributed by atoms with Gasteiger partial charge in [0.1, 0.15) is 0 Å². The molecule has 88 valence electrons. The van der Waals surface area contributed by atoms with Crippen molar-refractivity contribution in [3.8, 4) is 0 Å². The summed E-state index contributed by atoms with van der Waals surface area (Å²) in [5, 5.41) is 18.3. The van der Waals surface area contributed by atoms with Crippen LogP contribution < -0.4 is 4.90 Å². The van der Waals surface area contributed by atoms with Crippen LogP contribution in [0.2, 0.25) is 0 Å². The van der Waals surface area contributed by atoms with E-state index in [1.165, 1.54) is 0 Å². The summed E-state index contributed by atoms with van der Waals surface area (Å²) in [6.45, 7) is 6.64. The van der Waals surface area contributed by atoms with Crippen molar-refractivity contribution in [1.29, 1.82) is 0 Å². The van der Waals surface area contributed by atoms with Crippen molar-refractivity contribution in [3.05, 3.63) is 36.7 Å². The van der Waals surface area contributed by atoms with Crippen LogP contribution in [0.5, 0.6) is 0 Å². The molecular weight excluding hydrogens is 204 g/mol. The van der Waals surface area contributed by atoms with Gasteiger partial charge in [-0.1, -0.05) is 6.08 Å². The summed E-state index contributed by atoms with van der Waals surface area (Å²) >= 11 is 0. The maximum atomic E-state index is 9.33. The lowest BCUT2D eigenvalue weighted by atomic mass is 10.2. The van der Waals surface area contributed by atoms with Gasteiger partial charge in [0.2, 0.25) is 0 Å². The van der Waals surface area contributed by atoms with Crippen molar-refractivity contribution in [1.82, 2.24) is 4.98 Å². The van der Waals surface area contributed by atoms with E-state index in [0.29, 0.717) is 18.8 Å². The van der Waals surface area contributed by atoms with Crippen LogP contribution in [-0.4, -0.2) is 34.9 Å². The molecule has 0 aromatic carbocycles. The van der Waals surface area contributed by atoms with Crippen molar-refractivity contribution in [3.63, 3.8) is 0 Å². The molecule has 4 nitrogen and oxygen atoms in total. The summed E-state index contributed by atoms with van der Waals surface area (Å²) in [6, 6.07) is 3.67. The summed E-state index contributed by atoms with van der Waals surface area (Å²) < 4.78 is 0. The minimum absolute atomic E-state index is 0.0893. The van der Waals surface area contributed by atoms with Crippen LogP contribution in [0.4, 0.5) is 5.69 Å². The third-order valence-electron chi connectivity index (χ3n) is 2.28. The molecule has 4 heteroatoms. The molecule has 2 N–H and O–H groups in total. The molecule has 0 saturated carbocycles. The smallest absolute Gasteiger partial charge is 0.0931 e. The summed E-state index contributed by atoms with van der Waals surface area (Å²) in [4.78, 5) is 6.12. The molecule has 1 atom stereocenters. The first-order valence-corrected chi connectivity index (χ1v) is 5.29. The Kier molecular flexibility index (Phi) is 4.95. The second kappa shape index (κ2) is 6.25. The van der Waals surface area contributed by atoms with Crippen molar-refractivity contribution in [2.45, 2.75) is 13.0 Å². The van der Waals surface area contributed by atoms with Crippen LogP contribution in [-0.2, 0) is 0 Å². The fraction of sp³-hybridized carbons (Fsp3) is 0.417. The van der Waals surface area contributed by atoms with E-state index in [-0.39, 0.29) is 6.61 Å². The third kappa shape index (κ3) is 3.32. The number of aliphatic hydroxyl groups is 2. The average Bonchev–Trinajstić information content (AvgIpc) is 2.29. The Morgan fingerprint density at radius 1 is 1.56 bits per heavy atom. The molecule has 0 amide bonds. The zero-order chi connectivity index (χ0) is 12.0. The molecule has 0 radical (unpaired) electrons. The van der Waals surface area contributed by atoms with Gasteiger partial charge in [-0.3, -0.25) is 4.98 Å². The molecule has 0 aliphatic rings. The molecular formula is C12H18N2O2. The highest BCUT2D eigenvalue weighted by molar-refractivity contribution is 5.45. The minimum Gasteiger partial charge on any atom is -0.395 e. The Labute approximate surface area is 95.9 Å². The highest BCUT2D eigenvalue weighted by Crippen LogP contribution is 2.15.